The first kappa shape index (κ1) is 37.7. The van der Waals surface area contributed by atoms with Crippen LogP contribution in [0, 0.1) is 0 Å². The lowest BCUT2D eigenvalue weighted by Crippen LogP contribution is -2.11. The van der Waals surface area contributed by atoms with Crippen LogP contribution in [0.1, 0.15) is 0 Å². The molecule has 13 aromatic rings. The number of hydrogen-bond donors (Lipinski definition) is 0. The molecule has 0 aliphatic rings. The van der Waals surface area contributed by atoms with Gasteiger partial charge in [0.25, 0.3) is 0 Å². The molecular formula is C62H40N2O2. The van der Waals surface area contributed by atoms with Crippen LogP contribution < -0.4 is 9.80 Å². The van der Waals surface area contributed by atoms with Gasteiger partial charge in [0.1, 0.15) is 22.3 Å². The molecule has 2 heterocycles. The molecule has 0 saturated carbocycles. The summed E-state index contributed by atoms with van der Waals surface area (Å²) in [5.41, 5.74) is 14.5. The van der Waals surface area contributed by atoms with Gasteiger partial charge < -0.3 is 18.6 Å². The number of fused-ring (bicyclic) bond motifs is 8. The van der Waals surface area contributed by atoms with E-state index in [4.69, 9.17) is 8.83 Å². The van der Waals surface area contributed by atoms with Gasteiger partial charge in [-0.15, -0.1) is 0 Å². The molecule has 11 aromatic carbocycles. The van der Waals surface area contributed by atoms with Crippen molar-refractivity contribution in [3.8, 4) is 22.3 Å². The number of rotatable bonds is 8. The van der Waals surface area contributed by atoms with Gasteiger partial charge in [-0.05, 0) is 124 Å². The highest BCUT2D eigenvalue weighted by Crippen LogP contribution is 2.45. The number of anilines is 6. The van der Waals surface area contributed by atoms with Gasteiger partial charge in [-0.2, -0.15) is 0 Å². The molecule has 0 spiro atoms. The maximum Gasteiger partial charge on any atom is 0.139 e. The van der Waals surface area contributed by atoms with Crippen molar-refractivity contribution in [2.24, 2.45) is 0 Å². The molecule has 310 valence electrons. The molecule has 13 rings (SSSR count). The standard InChI is InChI=1S/C62H40N2O2/c1-5-17-41(18-6-1)51-25-13-15-27-57(51)63(47-21-9-3-10-22-47)49-31-29-43-35-53-55-39-56-54-36-44-30-32-50(34-46(44)38-60(54)66-62(56)40-61(55)65-59(53)37-45(43)33-49)64(48-23-11-4-12-24-48)58-28-16-14-26-52(58)42-19-7-2-8-20-42/h1-40H. The third-order valence-corrected chi connectivity index (χ3v) is 13.0. The molecule has 66 heavy (non-hydrogen) atoms. The van der Waals surface area contributed by atoms with Crippen LogP contribution in [0.5, 0.6) is 0 Å². The zero-order valence-electron chi connectivity index (χ0n) is 35.8. The molecule has 0 amide bonds. The topological polar surface area (TPSA) is 32.8 Å². The molecule has 0 fully saturated rings. The fourth-order valence-electron chi connectivity index (χ4n) is 9.85. The van der Waals surface area contributed by atoms with E-state index in [0.717, 1.165) is 99.5 Å². The highest BCUT2D eigenvalue weighted by Gasteiger charge is 2.21. The third-order valence-electron chi connectivity index (χ3n) is 13.0. The second kappa shape index (κ2) is 15.4. The summed E-state index contributed by atoms with van der Waals surface area (Å²) in [4.78, 5) is 4.69. The molecule has 0 aliphatic heterocycles. The molecule has 0 saturated heterocycles. The van der Waals surface area contributed by atoms with Crippen LogP contribution in [-0.2, 0) is 0 Å². The largest absolute Gasteiger partial charge is 0.456 e. The lowest BCUT2D eigenvalue weighted by Gasteiger charge is -2.28. The SMILES string of the molecule is c1ccc(-c2ccccc2N(c2ccccc2)c2ccc3cc4c(cc3c2)oc2cc3oc5cc6cc(N(c7ccccc7)c7ccccc7-c7ccccc7)ccc6cc5c3cc24)cc1. The van der Waals surface area contributed by atoms with E-state index >= 15 is 0 Å². The van der Waals surface area contributed by atoms with Crippen LogP contribution in [-0.4, -0.2) is 0 Å². The van der Waals surface area contributed by atoms with Gasteiger partial charge >= 0.3 is 0 Å². The van der Waals surface area contributed by atoms with Crippen LogP contribution in [0.2, 0.25) is 0 Å². The molecule has 0 atom stereocenters. The first-order valence-corrected chi connectivity index (χ1v) is 22.4. The summed E-state index contributed by atoms with van der Waals surface area (Å²) in [5.74, 6) is 0. The average molecular weight is 845 g/mol. The predicted octanol–water partition coefficient (Wildman–Crippen LogP) is 18.1. The van der Waals surface area contributed by atoms with Crippen molar-refractivity contribution in [2.45, 2.75) is 0 Å². The summed E-state index contributed by atoms with van der Waals surface area (Å²) < 4.78 is 13.4. The Morgan fingerprint density at radius 2 is 0.606 bits per heavy atom. The third kappa shape index (κ3) is 6.38. The van der Waals surface area contributed by atoms with Crippen molar-refractivity contribution in [3.05, 3.63) is 243 Å². The molecule has 0 bridgehead atoms. The van der Waals surface area contributed by atoms with Gasteiger partial charge in [0.2, 0.25) is 0 Å². The van der Waals surface area contributed by atoms with Crippen molar-refractivity contribution in [1.29, 1.82) is 0 Å². The van der Waals surface area contributed by atoms with E-state index in [0.29, 0.717) is 0 Å². The number of para-hydroxylation sites is 4. The number of furan rings is 2. The molecule has 0 radical (unpaired) electrons. The Balaban J connectivity index is 0.903. The molecule has 4 nitrogen and oxygen atoms in total. The summed E-state index contributed by atoms with van der Waals surface area (Å²) in [7, 11) is 0. The van der Waals surface area contributed by atoms with Crippen molar-refractivity contribution < 1.29 is 8.83 Å². The Morgan fingerprint density at radius 3 is 1.05 bits per heavy atom. The maximum absolute atomic E-state index is 6.68. The summed E-state index contributed by atoms with van der Waals surface area (Å²) in [6, 6.07) is 86.3. The van der Waals surface area contributed by atoms with Gasteiger partial charge in [-0.25, -0.2) is 0 Å². The normalized spacial score (nSPS) is 11.6. The van der Waals surface area contributed by atoms with Crippen LogP contribution in [0.25, 0.3) is 87.7 Å². The van der Waals surface area contributed by atoms with Crippen LogP contribution in [0.3, 0.4) is 0 Å². The van der Waals surface area contributed by atoms with Crippen molar-refractivity contribution in [3.63, 3.8) is 0 Å². The summed E-state index contributed by atoms with van der Waals surface area (Å²) in [5, 5.41) is 8.80. The Bertz CT molecular complexity index is 3680. The molecule has 0 unspecified atom stereocenters. The van der Waals surface area contributed by atoms with Gasteiger partial charge in [-0.1, -0.05) is 146 Å². The Labute approximate surface area is 381 Å². The fourth-order valence-corrected chi connectivity index (χ4v) is 9.85. The van der Waals surface area contributed by atoms with E-state index < -0.39 is 0 Å². The van der Waals surface area contributed by atoms with E-state index in [1.165, 1.54) is 22.3 Å². The van der Waals surface area contributed by atoms with E-state index in [9.17, 15) is 0 Å². The second-order valence-electron chi connectivity index (χ2n) is 16.9. The maximum atomic E-state index is 6.68. The molecular weight excluding hydrogens is 805 g/mol. The van der Waals surface area contributed by atoms with Crippen LogP contribution in [0.4, 0.5) is 34.1 Å². The second-order valence-corrected chi connectivity index (χ2v) is 16.9. The van der Waals surface area contributed by atoms with Gasteiger partial charge in [0, 0.05) is 61.5 Å². The zero-order chi connectivity index (χ0) is 43.6. The Hall–Kier alpha value is -8.86. The summed E-state index contributed by atoms with van der Waals surface area (Å²) >= 11 is 0. The summed E-state index contributed by atoms with van der Waals surface area (Å²) in [6.07, 6.45) is 0. The van der Waals surface area contributed by atoms with E-state index in [2.05, 4.69) is 252 Å². The summed E-state index contributed by atoms with van der Waals surface area (Å²) in [6.45, 7) is 0. The lowest BCUT2D eigenvalue weighted by atomic mass is 10.0. The molecule has 0 N–H and O–H groups in total. The van der Waals surface area contributed by atoms with Crippen molar-refractivity contribution >= 4 is 99.5 Å². The Kier molecular flexibility index (Phi) is 8.81. The van der Waals surface area contributed by atoms with E-state index in [-0.39, 0.29) is 0 Å². The first-order valence-electron chi connectivity index (χ1n) is 22.4. The minimum absolute atomic E-state index is 0.803. The quantitative estimate of drug-likeness (QED) is 0.153. The Morgan fingerprint density at radius 1 is 0.242 bits per heavy atom. The smallest absolute Gasteiger partial charge is 0.139 e. The predicted molar refractivity (Wildman–Crippen MR) is 276 cm³/mol. The van der Waals surface area contributed by atoms with E-state index in [1.54, 1.807) is 0 Å². The lowest BCUT2D eigenvalue weighted by molar-refractivity contribution is 0.656. The minimum atomic E-state index is 0.803. The minimum Gasteiger partial charge on any atom is -0.456 e. The van der Waals surface area contributed by atoms with Crippen LogP contribution in [0.15, 0.2) is 251 Å². The number of hydrogen-bond acceptors (Lipinski definition) is 4. The zero-order valence-corrected chi connectivity index (χ0v) is 35.8. The number of benzene rings is 11. The molecule has 0 aliphatic carbocycles. The van der Waals surface area contributed by atoms with Gasteiger partial charge in [-0.3, -0.25) is 0 Å². The van der Waals surface area contributed by atoms with Crippen molar-refractivity contribution in [1.82, 2.24) is 0 Å². The van der Waals surface area contributed by atoms with Gasteiger partial charge in [0.05, 0.1) is 11.4 Å². The highest BCUT2D eigenvalue weighted by molar-refractivity contribution is 6.18. The highest BCUT2D eigenvalue weighted by atomic mass is 16.3. The van der Waals surface area contributed by atoms with Gasteiger partial charge in [0.15, 0.2) is 0 Å². The monoisotopic (exact) mass is 844 g/mol. The van der Waals surface area contributed by atoms with E-state index in [1.807, 2.05) is 0 Å². The number of nitrogens with zero attached hydrogens (tertiary/aromatic N) is 2. The average Bonchev–Trinajstić information content (AvgIpc) is 3.91. The molecule has 4 heteroatoms. The molecule has 2 aromatic heterocycles. The fraction of sp³-hybridized carbons (Fsp3) is 0. The van der Waals surface area contributed by atoms with Crippen LogP contribution >= 0.6 is 0 Å². The van der Waals surface area contributed by atoms with Crippen molar-refractivity contribution in [2.75, 3.05) is 9.80 Å². The first-order chi connectivity index (χ1) is 32.7.